The topological polar surface area (TPSA) is 22.1 Å². The molecule has 0 bridgehead atoms. The Balaban J connectivity index is 1.66. The Kier molecular flexibility index (Phi) is 4.32. The molecule has 0 saturated heterocycles. The maximum absolute atomic E-state index is 13.4. The van der Waals surface area contributed by atoms with Crippen molar-refractivity contribution in [3.8, 4) is 22.6 Å². The van der Waals surface area contributed by atoms with Crippen LogP contribution in [0.25, 0.3) is 43.4 Å². The second-order valence-corrected chi connectivity index (χ2v) is 7.79. The summed E-state index contributed by atoms with van der Waals surface area (Å²) in [7, 11) is 0. The van der Waals surface area contributed by atoms with Gasteiger partial charge in [0.1, 0.15) is 17.3 Å². The van der Waals surface area contributed by atoms with Gasteiger partial charge in [0.25, 0.3) is 0 Å². The molecular formula is C29H18FNO. The number of hydrogen-bond acceptors (Lipinski definition) is 2. The number of nitrogens with zero attached hydrogens (tertiary/aromatic N) is 1. The standard InChI is InChI=1S/C29H18FNO/c30-22-11-13-23(14-12-22)32-29-25-8-4-3-7-24(25)28(27-18-31-16-15-26(27)29)21-10-9-19-5-1-2-6-20(19)17-21/h1-18H. The molecule has 1 aromatic heterocycles. The number of hydrogen-bond donors (Lipinski definition) is 0. The highest BCUT2D eigenvalue weighted by atomic mass is 19.1. The third-order valence-electron chi connectivity index (χ3n) is 5.85. The molecule has 6 rings (SSSR count). The number of fused-ring (bicyclic) bond motifs is 3. The van der Waals surface area contributed by atoms with Gasteiger partial charge in [0.05, 0.1) is 0 Å². The zero-order valence-electron chi connectivity index (χ0n) is 17.1. The highest BCUT2D eigenvalue weighted by molar-refractivity contribution is 6.17. The summed E-state index contributed by atoms with van der Waals surface area (Å²) in [6, 6.07) is 31.2. The Hall–Kier alpha value is -4.24. The molecule has 2 nitrogen and oxygen atoms in total. The lowest BCUT2D eigenvalue weighted by atomic mass is 9.91. The van der Waals surface area contributed by atoms with E-state index < -0.39 is 0 Å². The maximum atomic E-state index is 13.4. The van der Waals surface area contributed by atoms with Crippen LogP contribution in [0.5, 0.6) is 11.5 Å². The molecule has 0 saturated carbocycles. The van der Waals surface area contributed by atoms with Crippen molar-refractivity contribution >= 4 is 32.3 Å². The molecule has 152 valence electrons. The van der Waals surface area contributed by atoms with E-state index in [-0.39, 0.29) is 5.82 Å². The molecule has 0 amide bonds. The van der Waals surface area contributed by atoms with Crippen LogP contribution >= 0.6 is 0 Å². The van der Waals surface area contributed by atoms with Crippen molar-refractivity contribution in [3.63, 3.8) is 0 Å². The fourth-order valence-corrected chi connectivity index (χ4v) is 4.37. The molecule has 1 heterocycles. The number of aromatic nitrogens is 1. The minimum atomic E-state index is -0.289. The van der Waals surface area contributed by atoms with Crippen molar-refractivity contribution < 1.29 is 9.13 Å². The maximum Gasteiger partial charge on any atom is 0.143 e. The predicted octanol–water partition coefficient (Wildman–Crippen LogP) is 8.14. The summed E-state index contributed by atoms with van der Waals surface area (Å²) in [5.41, 5.74) is 2.26. The molecule has 0 fully saturated rings. The minimum absolute atomic E-state index is 0.289. The van der Waals surface area contributed by atoms with Crippen LogP contribution in [-0.4, -0.2) is 4.98 Å². The molecule has 0 radical (unpaired) electrons. The second-order valence-electron chi connectivity index (χ2n) is 7.79. The van der Waals surface area contributed by atoms with Gasteiger partial charge in [-0.25, -0.2) is 4.39 Å². The third kappa shape index (κ3) is 3.07. The normalized spacial score (nSPS) is 11.3. The smallest absolute Gasteiger partial charge is 0.143 e. The van der Waals surface area contributed by atoms with Crippen molar-refractivity contribution in [2.45, 2.75) is 0 Å². The number of benzene rings is 5. The number of rotatable bonds is 3. The highest BCUT2D eigenvalue weighted by Gasteiger charge is 2.17. The van der Waals surface area contributed by atoms with E-state index in [9.17, 15) is 4.39 Å². The summed E-state index contributed by atoms with van der Waals surface area (Å²) in [5, 5.41) is 6.46. The highest BCUT2D eigenvalue weighted by Crippen LogP contribution is 2.44. The predicted molar refractivity (Wildman–Crippen MR) is 129 cm³/mol. The molecule has 32 heavy (non-hydrogen) atoms. The quantitative estimate of drug-likeness (QED) is 0.272. The summed E-state index contributed by atoms with van der Waals surface area (Å²) in [6.45, 7) is 0. The first-order valence-electron chi connectivity index (χ1n) is 10.5. The first-order chi connectivity index (χ1) is 15.8. The van der Waals surface area contributed by atoms with Crippen molar-refractivity contribution in [3.05, 3.63) is 115 Å². The lowest BCUT2D eigenvalue weighted by Gasteiger charge is -2.17. The molecule has 0 N–H and O–H groups in total. The van der Waals surface area contributed by atoms with E-state index in [1.165, 1.54) is 22.9 Å². The van der Waals surface area contributed by atoms with Gasteiger partial charge in [-0.05, 0) is 63.7 Å². The van der Waals surface area contributed by atoms with Crippen molar-refractivity contribution in [1.82, 2.24) is 4.98 Å². The Morgan fingerprint density at radius 2 is 1.34 bits per heavy atom. The Morgan fingerprint density at radius 3 is 2.19 bits per heavy atom. The Morgan fingerprint density at radius 1 is 0.625 bits per heavy atom. The molecule has 5 aromatic carbocycles. The van der Waals surface area contributed by atoms with E-state index in [0.29, 0.717) is 5.75 Å². The SMILES string of the molecule is Fc1ccc(Oc2c3ccccc3c(-c3ccc4ccccc4c3)c3cnccc23)cc1. The van der Waals surface area contributed by atoms with E-state index in [2.05, 4.69) is 59.6 Å². The average Bonchev–Trinajstić information content (AvgIpc) is 2.85. The van der Waals surface area contributed by atoms with Crippen LogP contribution in [0, 0.1) is 5.82 Å². The zero-order chi connectivity index (χ0) is 21.5. The molecule has 0 aliphatic carbocycles. The lowest BCUT2D eigenvalue weighted by molar-refractivity contribution is 0.491. The molecule has 0 unspecified atom stereocenters. The molecule has 0 aliphatic rings. The molecule has 0 atom stereocenters. The van der Waals surface area contributed by atoms with Gasteiger partial charge in [0.15, 0.2) is 0 Å². The van der Waals surface area contributed by atoms with Gasteiger partial charge in [0.2, 0.25) is 0 Å². The van der Waals surface area contributed by atoms with Crippen LogP contribution < -0.4 is 4.74 Å². The summed E-state index contributed by atoms with van der Waals surface area (Å²) >= 11 is 0. The monoisotopic (exact) mass is 415 g/mol. The van der Waals surface area contributed by atoms with Crippen molar-refractivity contribution in [2.75, 3.05) is 0 Å². The summed E-state index contributed by atoms with van der Waals surface area (Å²) in [4.78, 5) is 4.42. The molecule has 3 heteroatoms. The Labute approximate surface area is 184 Å². The zero-order valence-corrected chi connectivity index (χ0v) is 17.1. The third-order valence-corrected chi connectivity index (χ3v) is 5.85. The second kappa shape index (κ2) is 7.47. The molecule has 6 aromatic rings. The van der Waals surface area contributed by atoms with Crippen LogP contribution in [0.15, 0.2) is 109 Å². The van der Waals surface area contributed by atoms with Gasteiger partial charge in [-0.2, -0.15) is 0 Å². The lowest BCUT2D eigenvalue weighted by Crippen LogP contribution is -1.93. The van der Waals surface area contributed by atoms with Crippen LogP contribution in [0.2, 0.25) is 0 Å². The number of ether oxygens (including phenoxy) is 1. The molecule has 0 spiro atoms. The van der Waals surface area contributed by atoms with E-state index in [4.69, 9.17) is 4.74 Å². The number of pyridine rings is 1. The fraction of sp³-hybridized carbons (Fsp3) is 0. The Bertz CT molecular complexity index is 1550. The largest absolute Gasteiger partial charge is 0.456 e. The van der Waals surface area contributed by atoms with Gasteiger partial charge in [0, 0.05) is 28.6 Å². The summed E-state index contributed by atoms with van der Waals surface area (Å²) in [5.74, 6) is 1.05. The van der Waals surface area contributed by atoms with Gasteiger partial charge < -0.3 is 4.74 Å². The first-order valence-corrected chi connectivity index (χ1v) is 10.5. The molecule has 0 aliphatic heterocycles. The van der Waals surface area contributed by atoms with Crippen LogP contribution in [-0.2, 0) is 0 Å². The van der Waals surface area contributed by atoms with E-state index in [1.54, 1.807) is 18.3 Å². The van der Waals surface area contributed by atoms with Crippen LogP contribution in [0.3, 0.4) is 0 Å². The van der Waals surface area contributed by atoms with E-state index in [0.717, 1.165) is 38.4 Å². The van der Waals surface area contributed by atoms with Gasteiger partial charge >= 0.3 is 0 Å². The summed E-state index contributed by atoms with van der Waals surface area (Å²) < 4.78 is 19.7. The first kappa shape index (κ1) is 18.5. The van der Waals surface area contributed by atoms with Crippen molar-refractivity contribution in [2.24, 2.45) is 0 Å². The van der Waals surface area contributed by atoms with E-state index in [1.807, 2.05) is 24.4 Å². The minimum Gasteiger partial charge on any atom is -0.456 e. The van der Waals surface area contributed by atoms with E-state index >= 15 is 0 Å². The fourth-order valence-electron chi connectivity index (χ4n) is 4.37. The van der Waals surface area contributed by atoms with Crippen LogP contribution in [0.1, 0.15) is 0 Å². The van der Waals surface area contributed by atoms with Crippen molar-refractivity contribution in [1.29, 1.82) is 0 Å². The van der Waals surface area contributed by atoms with Gasteiger partial charge in [-0.15, -0.1) is 0 Å². The van der Waals surface area contributed by atoms with Gasteiger partial charge in [-0.3, -0.25) is 4.98 Å². The van der Waals surface area contributed by atoms with Gasteiger partial charge in [-0.1, -0.05) is 60.7 Å². The summed E-state index contributed by atoms with van der Waals surface area (Å²) in [6.07, 6.45) is 3.67. The molecular weight excluding hydrogens is 397 g/mol. The average molecular weight is 415 g/mol. The number of halogens is 1. The van der Waals surface area contributed by atoms with Crippen LogP contribution in [0.4, 0.5) is 4.39 Å².